The Morgan fingerprint density at radius 2 is 1.03 bits per heavy atom. The van der Waals surface area contributed by atoms with Crippen LogP contribution >= 0.6 is 0 Å². The van der Waals surface area contributed by atoms with Crippen LogP contribution in [-0.4, -0.2) is 88.3 Å². The number of rotatable bonds is 10. The third-order valence-electron chi connectivity index (χ3n) is 4.23. The summed E-state index contributed by atoms with van der Waals surface area (Å²) in [7, 11) is 0. The van der Waals surface area contributed by atoms with E-state index in [1.807, 2.05) is 0 Å². The highest BCUT2D eigenvalue weighted by Crippen LogP contribution is 2.31. The molecular formula is C20H26O12. The minimum absolute atomic E-state index is 0.0147. The SMILES string of the molecule is C=C(C)C(=O)OCCOC(=O)O[C@H]1CO[C@H]2[C@@H]1OC[C@H]2OC(=O)OCCOC(=O)C(=C)C. The lowest BCUT2D eigenvalue weighted by molar-refractivity contribution is -0.141. The van der Waals surface area contributed by atoms with Gasteiger partial charge in [-0.05, 0) is 13.8 Å². The molecule has 0 amide bonds. The van der Waals surface area contributed by atoms with Crippen LogP contribution in [0.5, 0.6) is 0 Å². The summed E-state index contributed by atoms with van der Waals surface area (Å²) < 4.78 is 40.6. The van der Waals surface area contributed by atoms with E-state index in [4.69, 9.17) is 37.9 Å². The van der Waals surface area contributed by atoms with Crippen molar-refractivity contribution in [1.82, 2.24) is 0 Å². The van der Waals surface area contributed by atoms with E-state index < -0.39 is 48.7 Å². The maximum absolute atomic E-state index is 11.8. The second-order valence-corrected chi connectivity index (χ2v) is 6.94. The van der Waals surface area contributed by atoms with E-state index in [1.165, 1.54) is 13.8 Å². The van der Waals surface area contributed by atoms with Crippen LogP contribution < -0.4 is 0 Å². The molecule has 0 aliphatic carbocycles. The molecular weight excluding hydrogens is 432 g/mol. The molecule has 2 fully saturated rings. The second-order valence-electron chi connectivity index (χ2n) is 6.94. The number of carbonyl (C=O) groups excluding carboxylic acids is 4. The van der Waals surface area contributed by atoms with E-state index >= 15 is 0 Å². The van der Waals surface area contributed by atoms with Gasteiger partial charge in [0.1, 0.15) is 38.6 Å². The molecule has 0 aromatic rings. The molecule has 0 spiro atoms. The topological polar surface area (TPSA) is 142 Å². The van der Waals surface area contributed by atoms with Gasteiger partial charge in [-0.15, -0.1) is 0 Å². The van der Waals surface area contributed by atoms with E-state index in [0.717, 1.165) is 0 Å². The van der Waals surface area contributed by atoms with Crippen LogP contribution in [0, 0.1) is 0 Å². The van der Waals surface area contributed by atoms with Crippen LogP contribution in [0.4, 0.5) is 9.59 Å². The highest BCUT2D eigenvalue weighted by Gasteiger charge is 2.51. The Morgan fingerprint density at radius 3 is 1.38 bits per heavy atom. The molecule has 0 aromatic heterocycles. The molecule has 12 heteroatoms. The van der Waals surface area contributed by atoms with E-state index in [9.17, 15) is 19.2 Å². The van der Waals surface area contributed by atoms with Crippen LogP contribution in [0.2, 0.25) is 0 Å². The first-order chi connectivity index (χ1) is 15.2. The quantitative estimate of drug-likeness (QED) is 0.200. The Kier molecular flexibility index (Phi) is 9.47. The normalized spacial score (nSPS) is 23.4. The molecule has 4 atom stereocenters. The fraction of sp³-hybridized carbons (Fsp3) is 0.600. The summed E-state index contributed by atoms with van der Waals surface area (Å²) in [5, 5.41) is 0. The van der Waals surface area contributed by atoms with Crippen molar-refractivity contribution >= 4 is 24.2 Å². The van der Waals surface area contributed by atoms with Crippen LogP contribution in [-0.2, 0) is 47.5 Å². The molecule has 2 aliphatic rings. The zero-order valence-corrected chi connectivity index (χ0v) is 17.9. The predicted octanol–water partition coefficient (Wildman–Crippen LogP) is 1.07. The zero-order valence-electron chi connectivity index (χ0n) is 17.9. The third kappa shape index (κ3) is 7.54. The molecule has 2 aliphatic heterocycles. The van der Waals surface area contributed by atoms with Gasteiger partial charge < -0.3 is 37.9 Å². The van der Waals surface area contributed by atoms with Gasteiger partial charge in [-0.25, -0.2) is 19.2 Å². The highest BCUT2D eigenvalue weighted by atomic mass is 16.8. The summed E-state index contributed by atoms with van der Waals surface area (Å²) in [6.07, 6.45) is -4.81. The fourth-order valence-corrected chi connectivity index (χ4v) is 2.71. The molecule has 0 N–H and O–H groups in total. The van der Waals surface area contributed by atoms with Gasteiger partial charge in [-0.1, -0.05) is 13.2 Å². The van der Waals surface area contributed by atoms with Gasteiger partial charge in [0.15, 0.2) is 12.2 Å². The van der Waals surface area contributed by atoms with Gasteiger partial charge in [0.25, 0.3) is 0 Å². The molecule has 0 aromatic carbocycles. The first-order valence-corrected chi connectivity index (χ1v) is 9.74. The van der Waals surface area contributed by atoms with Crippen molar-refractivity contribution in [2.24, 2.45) is 0 Å². The predicted molar refractivity (Wildman–Crippen MR) is 103 cm³/mol. The number of esters is 2. The van der Waals surface area contributed by atoms with Gasteiger partial charge in [0.2, 0.25) is 0 Å². The Hall–Kier alpha value is -3.12. The van der Waals surface area contributed by atoms with Gasteiger partial charge >= 0.3 is 24.2 Å². The van der Waals surface area contributed by atoms with E-state index in [2.05, 4.69) is 13.2 Å². The number of fused-ring (bicyclic) bond motifs is 1. The first kappa shape index (κ1) is 25.1. The Bertz CT molecular complexity index is 683. The average Bonchev–Trinajstić information content (AvgIpc) is 3.31. The molecule has 2 rings (SSSR count). The van der Waals surface area contributed by atoms with Gasteiger partial charge in [-0.2, -0.15) is 0 Å². The lowest BCUT2D eigenvalue weighted by Crippen LogP contribution is -2.36. The largest absolute Gasteiger partial charge is 0.508 e. The molecule has 0 saturated carbocycles. The van der Waals surface area contributed by atoms with E-state index in [1.54, 1.807) is 0 Å². The summed E-state index contributed by atoms with van der Waals surface area (Å²) >= 11 is 0. The lowest BCUT2D eigenvalue weighted by atomic mass is 10.1. The monoisotopic (exact) mass is 458 g/mol. The van der Waals surface area contributed by atoms with Crippen molar-refractivity contribution in [3.8, 4) is 0 Å². The number of ether oxygens (including phenoxy) is 8. The Balaban J connectivity index is 1.65. The molecule has 32 heavy (non-hydrogen) atoms. The van der Waals surface area contributed by atoms with Crippen molar-refractivity contribution in [2.75, 3.05) is 39.6 Å². The number of carbonyl (C=O) groups is 4. The molecule has 12 nitrogen and oxygen atoms in total. The molecule has 178 valence electrons. The Labute approximate surface area is 184 Å². The molecule has 2 saturated heterocycles. The van der Waals surface area contributed by atoms with Crippen LogP contribution in [0.1, 0.15) is 13.8 Å². The van der Waals surface area contributed by atoms with E-state index in [-0.39, 0.29) is 50.8 Å². The summed E-state index contributed by atoms with van der Waals surface area (Å²) in [6.45, 7) is 9.20. The minimum Gasteiger partial charge on any atom is -0.459 e. The fourth-order valence-electron chi connectivity index (χ4n) is 2.71. The average molecular weight is 458 g/mol. The lowest BCUT2D eigenvalue weighted by Gasteiger charge is -2.17. The smallest absolute Gasteiger partial charge is 0.459 e. The minimum atomic E-state index is -0.984. The van der Waals surface area contributed by atoms with Crippen molar-refractivity contribution in [3.05, 3.63) is 24.3 Å². The molecule has 0 unspecified atom stereocenters. The zero-order chi connectivity index (χ0) is 23.7. The maximum atomic E-state index is 11.8. The molecule has 2 heterocycles. The van der Waals surface area contributed by atoms with Crippen molar-refractivity contribution in [3.63, 3.8) is 0 Å². The third-order valence-corrected chi connectivity index (χ3v) is 4.23. The summed E-state index contributed by atoms with van der Waals surface area (Å²) in [4.78, 5) is 46.1. The second kappa shape index (κ2) is 12.1. The van der Waals surface area contributed by atoms with Crippen LogP contribution in [0.25, 0.3) is 0 Å². The van der Waals surface area contributed by atoms with Crippen LogP contribution in [0.3, 0.4) is 0 Å². The molecule has 0 radical (unpaired) electrons. The Morgan fingerprint density at radius 1 is 0.688 bits per heavy atom. The summed E-state index contributed by atoms with van der Waals surface area (Å²) in [5.74, 6) is -1.18. The van der Waals surface area contributed by atoms with Crippen molar-refractivity contribution in [2.45, 2.75) is 38.3 Å². The van der Waals surface area contributed by atoms with Crippen molar-refractivity contribution < 1.29 is 57.1 Å². The molecule has 0 bridgehead atoms. The van der Waals surface area contributed by atoms with Gasteiger partial charge in [-0.3, -0.25) is 0 Å². The summed E-state index contributed by atoms with van der Waals surface area (Å²) in [5.41, 5.74) is 0.457. The van der Waals surface area contributed by atoms with E-state index in [0.29, 0.717) is 0 Å². The standard InChI is InChI=1S/C20H26O12/c1-11(2)17(21)25-5-7-27-19(23)31-13-9-29-16-14(10-30-15(13)16)32-20(24)28-8-6-26-18(22)12(3)4/h13-16H,1,3,5-10H2,2,4H3/t13-,14+,15-,16-/m1/s1. The van der Waals surface area contributed by atoms with Gasteiger partial charge in [0.05, 0.1) is 13.2 Å². The maximum Gasteiger partial charge on any atom is 0.508 e. The number of hydrogen-bond acceptors (Lipinski definition) is 12. The summed E-state index contributed by atoms with van der Waals surface area (Å²) in [6, 6.07) is 0. The van der Waals surface area contributed by atoms with Gasteiger partial charge in [0, 0.05) is 11.1 Å². The first-order valence-electron chi connectivity index (χ1n) is 9.74. The number of hydrogen-bond donors (Lipinski definition) is 0. The van der Waals surface area contributed by atoms with Crippen LogP contribution in [0.15, 0.2) is 24.3 Å². The van der Waals surface area contributed by atoms with Crippen molar-refractivity contribution in [1.29, 1.82) is 0 Å². The highest BCUT2D eigenvalue weighted by molar-refractivity contribution is 5.87.